The molecule has 0 spiro atoms. The molecule has 1 atom stereocenters. The van der Waals surface area contributed by atoms with E-state index in [-0.39, 0.29) is 24.3 Å². The van der Waals surface area contributed by atoms with Crippen molar-refractivity contribution in [3.63, 3.8) is 0 Å². The van der Waals surface area contributed by atoms with Crippen LogP contribution in [0.15, 0.2) is 95.9 Å². The lowest BCUT2D eigenvalue weighted by atomic mass is 10.0. The fourth-order valence-electron chi connectivity index (χ4n) is 4.17. The van der Waals surface area contributed by atoms with Crippen molar-refractivity contribution >= 4 is 45.2 Å². The third kappa shape index (κ3) is 5.57. The van der Waals surface area contributed by atoms with Gasteiger partial charge in [-0.05, 0) is 59.7 Å². The van der Waals surface area contributed by atoms with Crippen molar-refractivity contribution in [1.82, 2.24) is 14.9 Å². The number of pyridine rings is 2. The summed E-state index contributed by atoms with van der Waals surface area (Å²) in [5.74, 6) is -0.363. The predicted octanol–water partition coefficient (Wildman–Crippen LogP) is 4.70. The number of aromatic nitrogens is 2. The van der Waals surface area contributed by atoms with Gasteiger partial charge in [0.1, 0.15) is 11.9 Å². The van der Waals surface area contributed by atoms with Crippen LogP contribution in [0.1, 0.15) is 31.8 Å². The molecule has 0 unspecified atom stereocenters. The number of fused-ring (bicyclic) bond motifs is 1. The normalized spacial score (nSPS) is 14.9. The molecule has 184 valence electrons. The number of amides is 3. The zero-order chi connectivity index (χ0) is 25.8. The Labute approximate surface area is 221 Å². The van der Waals surface area contributed by atoms with E-state index in [0.717, 1.165) is 15.6 Å². The molecule has 3 heterocycles. The third-order valence-electron chi connectivity index (χ3n) is 6.04. The highest BCUT2D eigenvalue weighted by Crippen LogP contribution is 2.29. The Morgan fingerprint density at radius 1 is 0.973 bits per heavy atom. The van der Waals surface area contributed by atoms with Crippen LogP contribution in [0.4, 0.5) is 11.5 Å². The van der Waals surface area contributed by atoms with Gasteiger partial charge < -0.3 is 15.5 Å². The molecule has 2 N–H and O–H groups in total. The second-order valence-electron chi connectivity index (χ2n) is 8.56. The topological polar surface area (TPSA) is 104 Å². The number of nitrogens with zero attached hydrogens (tertiary/aromatic N) is 3. The van der Waals surface area contributed by atoms with Crippen molar-refractivity contribution in [3.05, 3.63) is 118 Å². The highest BCUT2D eigenvalue weighted by molar-refractivity contribution is 9.10. The van der Waals surface area contributed by atoms with E-state index in [9.17, 15) is 14.4 Å². The van der Waals surface area contributed by atoms with Gasteiger partial charge in [-0.3, -0.25) is 19.4 Å². The molecule has 2 aromatic heterocycles. The van der Waals surface area contributed by atoms with Crippen molar-refractivity contribution in [2.75, 3.05) is 10.6 Å². The Bertz CT molecular complexity index is 1450. The Morgan fingerprint density at radius 3 is 2.54 bits per heavy atom. The van der Waals surface area contributed by atoms with E-state index in [1.54, 1.807) is 90.2 Å². The highest BCUT2D eigenvalue weighted by Gasteiger charge is 2.35. The van der Waals surface area contributed by atoms with Gasteiger partial charge in [0.2, 0.25) is 5.91 Å². The van der Waals surface area contributed by atoms with Gasteiger partial charge in [-0.15, -0.1) is 0 Å². The summed E-state index contributed by atoms with van der Waals surface area (Å²) in [6, 6.07) is 20.4. The monoisotopic (exact) mass is 555 g/mol. The molecule has 37 heavy (non-hydrogen) atoms. The van der Waals surface area contributed by atoms with E-state index in [1.165, 1.54) is 0 Å². The van der Waals surface area contributed by atoms with Gasteiger partial charge in [0.05, 0.1) is 11.3 Å². The van der Waals surface area contributed by atoms with Crippen molar-refractivity contribution < 1.29 is 14.4 Å². The SMILES string of the molecule is O=C(Nc1ccccn1)c1ccc(CN2C(=O)c3ccc(Br)cc3NC(=O)[C@H]2Cc2cccnc2)cc1. The summed E-state index contributed by atoms with van der Waals surface area (Å²) >= 11 is 3.41. The molecule has 9 heteroatoms. The van der Waals surface area contributed by atoms with Crippen LogP contribution < -0.4 is 10.6 Å². The fourth-order valence-corrected chi connectivity index (χ4v) is 4.53. The number of halogens is 1. The van der Waals surface area contributed by atoms with Crippen molar-refractivity contribution in [2.45, 2.75) is 19.0 Å². The van der Waals surface area contributed by atoms with Crippen LogP contribution in [-0.2, 0) is 17.8 Å². The van der Waals surface area contributed by atoms with Crippen LogP contribution in [0.25, 0.3) is 0 Å². The van der Waals surface area contributed by atoms with Crippen LogP contribution in [0.3, 0.4) is 0 Å². The molecular formula is C28H22BrN5O3. The Kier molecular flexibility index (Phi) is 7.04. The van der Waals surface area contributed by atoms with Crippen LogP contribution in [0, 0.1) is 0 Å². The maximum atomic E-state index is 13.7. The molecule has 5 rings (SSSR count). The Morgan fingerprint density at radius 2 is 1.81 bits per heavy atom. The predicted molar refractivity (Wildman–Crippen MR) is 143 cm³/mol. The minimum Gasteiger partial charge on any atom is -0.323 e. The Balaban J connectivity index is 1.42. The molecule has 2 aromatic carbocycles. The molecule has 3 amide bonds. The number of nitrogens with one attached hydrogen (secondary N) is 2. The van der Waals surface area contributed by atoms with Crippen LogP contribution in [0.5, 0.6) is 0 Å². The maximum absolute atomic E-state index is 13.7. The summed E-state index contributed by atoms with van der Waals surface area (Å²) in [6.45, 7) is 0.189. The summed E-state index contributed by atoms with van der Waals surface area (Å²) in [5, 5.41) is 5.67. The fraction of sp³-hybridized carbons (Fsp3) is 0.107. The molecule has 0 fully saturated rings. The lowest BCUT2D eigenvalue weighted by Gasteiger charge is -2.29. The standard InChI is InChI=1S/C28H22BrN5O3/c29-21-10-11-22-23(15-21)32-27(36)24(14-19-4-3-12-30-16-19)34(28(22)37)17-18-6-8-20(9-7-18)26(35)33-25-5-1-2-13-31-25/h1-13,15-16,24H,14,17H2,(H,32,36)(H,31,33,35)/t24-/m1/s1. The molecule has 0 bridgehead atoms. The lowest BCUT2D eigenvalue weighted by Crippen LogP contribution is -2.46. The zero-order valence-corrected chi connectivity index (χ0v) is 21.2. The summed E-state index contributed by atoms with van der Waals surface area (Å²) in [4.78, 5) is 49.5. The number of anilines is 2. The average Bonchev–Trinajstić information content (AvgIpc) is 3.00. The molecule has 0 saturated carbocycles. The van der Waals surface area contributed by atoms with Gasteiger partial charge in [-0.2, -0.15) is 0 Å². The second-order valence-corrected chi connectivity index (χ2v) is 9.48. The summed E-state index contributed by atoms with van der Waals surface area (Å²) in [6.07, 6.45) is 5.27. The molecule has 4 aromatic rings. The molecule has 8 nitrogen and oxygen atoms in total. The number of hydrogen-bond acceptors (Lipinski definition) is 5. The van der Waals surface area contributed by atoms with Gasteiger partial charge >= 0.3 is 0 Å². The van der Waals surface area contributed by atoms with Crippen molar-refractivity contribution in [1.29, 1.82) is 0 Å². The molecule has 1 aliphatic rings. The largest absolute Gasteiger partial charge is 0.323 e. The van der Waals surface area contributed by atoms with Gasteiger partial charge in [-0.1, -0.05) is 40.2 Å². The van der Waals surface area contributed by atoms with E-state index in [2.05, 4.69) is 36.5 Å². The lowest BCUT2D eigenvalue weighted by molar-refractivity contribution is -0.120. The zero-order valence-electron chi connectivity index (χ0n) is 19.6. The first-order valence-electron chi connectivity index (χ1n) is 11.6. The first-order chi connectivity index (χ1) is 18.0. The quantitative estimate of drug-likeness (QED) is 0.359. The number of rotatable bonds is 6. The van der Waals surface area contributed by atoms with Crippen LogP contribution in [-0.4, -0.2) is 38.6 Å². The average molecular weight is 556 g/mol. The molecule has 0 saturated heterocycles. The first kappa shape index (κ1) is 24.3. The molecular weight excluding hydrogens is 534 g/mol. The van der Waals surface area contributed by atoms with Gasteiger partial charge in [-0.25, -0.2) is 4.98 Å². The van der Waals surface area contributed by atoms with Crippen LogP contribution >= 0.6 is 15.9 Å². The maximum Gasteiger partial charge on any atom is 0.256 e. The molecule has 0 aliphatic carbocycles. The first-order valence-corrected chi connectivity index (χ1v) is 12.4. The van der Waals surface area contributed by atoms with Gasteiger partial charge in [0.25, 0.3) is 11.8 Å². The number of benzene rings is 2. The van der Waals surface area contributed by atoms with E-state index in [0.29, 0.717) is 29.1 Å². The van der Waals surface area contributed by atoms with Crippen molar-refractivity contribution in [2.24, 2.45) is 0 Å². The second kappa shape index (κ2) is 10.7. The van der Waals surface area contributed by atoms with Crippen LogP contribution in [0.2, 0.25) is 0 Å². The van der Waals surface area contributed by atoms with Gasteiger partial charge in [0, 0.05) is 41.6 Å². The summed E-state index contributed by atoms with van der Waals surface area (Å²) in [5.41, 5.74) is 2.96. The smallest absolute Gasteiger partial charge is 0.256 e. The van der Waals surface area contributed by atoms with Crippen molar-refractivity contribution in [3.8, 4) is 0 Å². The highest BCUT2D eigenvalue weighted by atomic mass is 79.9. The van der Waals surface area contributed by atoms with Gasteiger partial charge in [0.15, 0.2) is 0 Å². The minimum atomic E-state index is -0.755. The Hall–Kier alpha value is -4.37. The molecule has 1 aliphatic heterocycles. The van der Waals surface area contributed by atoms with E-state index in [1.807, 2.05) is 6.07 Å². The number of carbonyl (C=O) groups is 3. The summed E-state index contributed by atoms with van der Waals surface area (Å²) < 4.78 is 0.760. The number of carbonyl (C=O) groups excluding carboxylic acids is 3. The van der Waals surface area contributed by atoms with E-state index in [4.69, 9.17) is 0 Å². The summed E-state index contributed by atoms with van der Waals surface area (Å²) in [7, 11) is 0. The van der Waals surface area contributed by atoms with E-state index >= 15 is 0 Å². The molecule has 0 radical (unpaired) electrons. The van der Waals surface area contributed by atoms with E-state index < -0.39 is 6.04 Å². The minimum absolute atomic E-state index is 0.189. The third-order valence-corrected chi connectivity index (χ3v) is 6.53. The number of hydrogen-bond donors (Lipinski definition) is 2.